The monoisotopic (exact) mass is 214 g/mol. The smallest absolute Gasteiger partial charge is 0.253 e. The van der Waals surface area contributed by atoms with Crippen LogP contribution in [0.3, 0.4) is 0 Å². The van der Waals surface area contributed by atoms with Gasteiger partial charge in [0.25, 0.3) is 5.91 Å². The maximum absolute atomic E-state index is 12.1. The minimum Gasteiger partial charge on any atom is -0.361 e. The fourth-order valence-electron chi connectivity index (χ4n) is 2.02. The van der Waals surface area contributed by atoms with Gasteiger partial charge in [-0.05, 0) is 37.1 Å². The highest BCUT2D eigenvalue weighted by Gasteiger charge is 2.29. The highest BCUT2D eigenvalue weighted by atomic mass is 16.2. The van der Waals surface area contributed by atoms with Crippen LogP contribution < -0.4 is 0 Å². The van der Waals surface area contributed by atoms with Crippen molar-refractivity contribution < 1.29 is 4.79 Å². The molecule has 16 heavy (non-hydrogen) atoms. The Morgan fingerprint density at radius 2 is 2.19 bits per heavy atom. The summed E-state index contributed by atoms with van der Waals surface area (Å²) in [6, 6.07) is 8.26. The summed E-state index contributed by atoms with van der Waals surface area (Å²) in [4.78, 5) is 17.1. The van der Waals surface area contributed by atoms with Crippen molar-refractivity contribution in [3.8, 4) is 0 Å². The van der Waals surface area contributed by atoms with E-state index >= 15 is 0 Å². The minimum absolute atomic E-state index is 0.130. The molecule has 1 fully saturated rings. The Morgan fingerprint density at radius 3 is 2.94 bits per heavy atom. The zero-order valence-corrected chi connectivity index (χ0v) is 9.23. The van der Waals surface area contributed by atoms with Crippen LogP contribution in [0.1, 0.15) is 23.2 Å². The number of amides is 1. The van der Waals surface area contributed by atoms with E-state index in [4.69, 9.17) is 0 Å². The summed E-state index contributed by atoms with van der Waals surface area (Å²) in [5.74, 6) is 0.130. The molecule has 0 saturated heterocycles. The lowest BCUT2D eigenvalue weighted by Crippen LogP contribution is -2.28. The Bertz CT molecular complexity index is 540. The maximum atomic E-state index is 12.1. The van der Waals surface area contributed by atoms with Crippen LogP contribution in [0.5, 0.6) is 0 Å². The first-order chi connectivity index (χ1) is 7.75. The first kappa shape index (κ1) is 9.46. The Balaban J connectivity index is 1.94. The summed E-state index contributed by atoms with van der Waals surface area (Å²) in [7, 11) is 1.89. The molecule has 1 aromatic heterocycles. The summed E-state index contributed by atoms with van der Waals surface area (Å²) in [6.07, 6.45) is 4.19. The van der Waals surface area contributed by atoms with Crippen LogP contribution in [-0.4, -0.2) is 28.9 Å². The molecule has 1 aliphatic rings. The van der Waals surface area contributed by atoms with E-state index in [1.54, 1.807) is 0 Å². The molecule has 3 rings (SSSR count). The average Bonchev–Trinajstić information content (AvgIpc) is 3.05. The Morgan fingerprint density at radius 1 is 1.38 bits per heavy atom. The maximum Gasteiger partial charge on any atom is 0.253 e. The Kier molecular flexibility index (Phi) is 1.99. The number of hydrogen-bond acceptors (Lipinski definition) is 1. The van der Waals surface area contributed by atoms with Crippen molar-refractivity contribution >= 4 is 16.8 Å². The number of aromatic amines is 1. The van der Waals surface area contributed by atoms with Gasteiger partial charge in [0.15, 0.2) is 0 Å². The van der Waals surface area contributed by atoms with Gasteiger partial charge in [-0.2, -0.15) is 0 Å². The van der Waals surface area contributed by atoms with Crippen LogP contribution in [0.15, 0.2) is 30.5 Å². The molecule has 1 heterocycles. The van der Waals surface area contributed by atoms with E-state index in [1.165, 1.54) is 0 Å². The van der Waals surface area contributed by atoms with Crippen LogP contribution >= 0.6 is 0 Å². The molecule has 1 aliphatic carbocycles. The summed E-state index contributed by atoms with van der Waals surface area (Å²) < 4.78 is 0. The van der Waals surface area contributed by atoms with Gasteiger partial charge in [0.1, 0.15) is 0 Å². The number of benzene rings is 1. The van der Waals surface area contributed by atoms with E-state index in [9.17, 15) is 4.79 Å². The fourth-order valence-corrected chi connectivity index (χ4v) is 2.02. The van der Waals surface area contributed by atoms with Crippen LogP contribution in [0, 0.1) is 0 Å². The molecule has 3 nitrogen and oxygen atoms in total. The second-order valence-electron chi connectivity index (χ2n) is 4.43. The Labute approximate surface area is 94.1 Å². The normalized spacial score (nSPS) is 15.3. The van der Waals surface area contributed by atoms with E-state index < -0.39 is 0 Å². The van der Waals surface area contributed by atoms with Crippen molar-refractivity contribution in [3.63, 3.8) is 0 Å². The van der Waals surface area contributed by atoms with Crippen LogP contribution in [0.4, 0.5) is 0 Å². The second-order valence-corrected chi connectivity index (χ2v) is 4.43. The molecule has 82 valence electrons. The SMILES string of the molecule is CN(C(=O)c1ccc2[nH]ccc2c1)C1CC1. The Hall–Kier alpha value is -1.77. The van der Waals surface area contributed by atoms with E-state index in [0.29, 0.717) is 6.04 Å². The van der Waals surface area contributed by atoms with E-state index in [1.807, 2.05) is 42.4 Å². The van der Waals surface area contributed by atoms with Gasteiger partial charge in [-0.1, -0.05) is 0 Å². The van der Waals surface area contributed by atoms with E-state index in [2.05, 4.69) is 4.98 Å². The average molecular weight is 214 g/mol. The van der Waals surface area contributed by atoms with Crippen molar-refractivity contribution in [2.45, 2.75) is 18.9 Å². The first-order valence-electron chi connectivity index (χ1n) is 5.60. The molecule has 1 aromatic carbocycles. The van der Waals surface area contributed by atoms with Crippen LogP contribution in [0.2, 0.25) is 0 Å². The predicted octanol–water partition coefficient (Wildman–Crippen LogP) is 2.40. The van der Waals surface area contributed by atoms with Gasteiger partial charge in [0, 0.05) is 35.8 Å². The lowest BCUT2D eigenvalue weighted by atomic mass is 10.1. The standard InChI is InChI=1S/C13H14N2O/c1-15(11-3-4-11)13(16)10-2-5-12-9(8-10)6-7-14-12/h2,5-8,11,14H,3-4H2,1H3. The molecule has 0 aliphatic heterocycles. The summed E-state index contributed by atoms with van der Waals surface area (Å²) >= 11 is 0. The largest absolute Gasteiger partial charge is 0.361 e. The molecule has 0 spiro atoms. The van der Waals surface area contributed by atoms with Gasteiger partial charge in [-0.25, -0.2) is 0 Å². The number of fused-ring (bicyclic) bond motifs is 1. The zero-order valence-electron chi connectivity index (χ0n) is 9.23. The number of nitrogens with one attached hydrogen (secondary N) is 1. The topological polar surface area (TPSA) is 36.1 Å². The molecule has 0 atom stereocenters. The molecule has 0 bridgehead atoms. The first-order valence-corrected chi connectivity index (χ1v) is 5.60. The van der Waals surface area contributed by atoms with Gasteiger partial charge in [-0.3, -0.25) is 4.79 Å². The summed E-state index contributed by atoms with van der Waals surface area (Å²) in [6.45, 7) is 0. The number of hydrogen-bond donors (Lipinski definition) is 1. The van der Waals surface area contributed by atoms with Gasteiger partial charge < -0.3 is 9.88 Å². The second kappa shape index (κ2) is 3.37. The number of carbonyl (C=O) groups is 1. The van der Waals surface area contributed by atoms with Crippen molar-refractivity contribution in [1.29, 1.82) is 0 Å². The summed E-state index contributed by atoms with van der Waals surface area (Å²) in [5.41, 5.74) is 1.85. The third kappa shape index (κ3) is 1.48. The van der Waals surface area contributed by atoms with E-state index in [-0.39, 0.29) is 5.91 Å². The quantitative estimate of drug-likeness (QED) is 0.818. The van der Waals surface area contributed by atoms with Crippen LogP contribution in [-0.2, 0) is 0 Å². The molecule has 2 aromatic rings. The molecular weight excluding hydrogens is 200 g/mol. The summed E-state index contributed by atoms with van der Waals surface area (Å²) in [5, 5.41) is 1.09. The number of rotatable bonds is 2. The zero-order chi connectivity index (χ0) is 11.1. The lowest BCUT2D eigenvalue weighted by molar-refractivity contribution is 0.0785. The fraction of sp³-hybridized carbons (Fsp3) is 0.308. The highest BCUT2D eigenvalue weighted by molar-refractivity contribution is 5.98. The predicted molar refractivity (Wildman–Crippen MR) is 63.4 cm³/mol. The van der Waals surface area contributed by atoms with Crippen LogP contribution in [0.25, 0.3) is 10.9 Å². The van der Waals surface area contributed by atoms with Crippen molar-refractivity contribution in [2.75, 3.05) is 7.05 Å². The van der Waals surface area contributed by atoms with Gasteiger partial charge in [0.05, 0.1) is 0 Å². The highest BCUT2D eigenvalue weighted by Crippen LogP contribution is 2.27. The molecule has 1 N–H and O–H groups in total. The number of carbonyl (C=O) groups excluding carboxylic acids is 1. The third-order valence-corrected chi connectivity index (χ3v) is 3.22. The molecule has 0 radical (unpaired) electrons. The van der Waals surface area contributed by atoms with Crippen molar-refractivity contribution in [1.82, 2.24) is 9.88 Å². The molecule has 1 saturated carbocycles. The lowest BCUT2D eigenvalue weighted by Gasteiger charge is -2.16. The molecule has 0 unspecified atom stereocenters. The van der Waals surface area contributed by atoms with Crippen molar-refractivity contribution in [3.05, 3.63) is 36.0 Å². The number of H-pyrrole nitrogens is 1. The van der Waals surface area contributed by atoms with Crippen molar-refractivity contribution in [2.24, 2.45) is 0 Å². The number of aromatic nitrogens is 1. The van der Waals surface area contributed by atoms with E-state index in [0.717, 1.165) is 29.3 Å². The van der Waals surface area contributed by atoms with Gasteiger partial charge in [0.2, 0.25) is 0 Å². The van der Waals surface area contributed by atoms with Gasteiger partial charge in [-0.15, -0.1) is 0 Å². The minimum atomic E-state index is 0.130. The molecule has 1 amide bonds. The van der Waals surface area contributed by atoms with Gasteiger partial charge >= 0.3 is 0 Å². The third-order valence-electron chi connectivity index (χ3n) is 3.22. The molecular formula is C13H14N2O. The number of nitrogens with zero attached hydrogens (tertiary/aromatic N) is 1. The molecule has 3 heteroatoms.